The second-order valence-corrected chi connectivity index (χ2v) is 3.84. The van der Waals surface area contributed by atoms with E-state index < -0.39 is 12.1 Å². The molecule has 15 heavy (non-hydrogen) atoms. The lowest BCUT2D eigenvalue weighted by Crippen LogP contribution is -2.42. The van der Waals surface area contributed by atoms with Crippen molar-refractivity contribution in [3.05, 3.63) is 0 Å². The first-order valence-corrected chi connectivity index (χ1v) is 5.07. The Bertz CT molecular complexity index is 246. The summed E-state index contributed by atoms with van der Waals surface area (Å²) < 4.78 is 4.94. The first-order chi connectivity index (χ1) is 7.06. The fourth-order valence-corrected chi connectivity index (χ4v) is 2.01. The normalized spacial score (nSPS) is 20.0. The van der Waals surface area contributed by atoms with Crippen LogP contribution in [0.4, 0.5) is 0 Å². The fourth-order valence-electron chi connectivity index (χ4n) is 2.01. The molecule has 0 aromatic heterocycles. The fraction of sp³-hybridized carbons (Fsp3) is 0.800. The van der Waals surface area contributed by atoms with Gasteiger partial charge in [-0.1, -0.05) is 0 Å². The number of nitrogens with zero attached hydrogens (tertiary/aromatic N) is 1. The molecule has 1 aliphatic heterocycles. The Morgan fingerprint density at radius 1 is 1.40 bits per heavy atom. The Labute approximate surface area is 89.0 Å². The third-order valence-corrected chi connectivity index (χ3v) is 2.91. The number of aliphatic carboxylic acids is 1. The zero-order chi connectivity index (χ0) is 11.4. The molecule has 0 aromatic carbocycles. The van der Waals surface area contributed by atoms with E-state index in [0.717, 1.165) is 0 Å². The van der Waals surface area contributed by atoms with Gasteiger partial charge in [-0.25, -0.2) is 4.79 Å². The minimum absolute atomic E-state index is 0.0168. The number of carbonyl (C=O) groups is 2. The summed E-state index contributed by atoms with van der Waals surface area (Å²) >= 11 is 0. The largest absolute Gasteiger partial charge is 0.479 e. The second-order valence-electron chi connectivity index (χ2n) is 3.84. The second kappa shape index (κ2) is 5.11. The molecule has 5 heteroatoms. The number of hydrogen-bond acceptors (Lipinski definition) is 3. The maximum atomic E-state index is 11.1. The zero-order valence-electron chi connectivity index (χ0n) is 9.10. The number of ether oxygens (including phenoxy) is 1. The van der Waals surface area contributed by atoms with Crippen LogP contribution in [0.15, 0.2) is 0 Å². The quantitative estimate of drug-likeness (QED) is 0.737. The van der Waals surface area contributed by atoms with Gasteiger partial charge < -0.3 is 14.7 Å². The van der Waals surface area contributed by atoms with Crippen LogP contribution in [-0.4, -0.2) is 48.2 Å². The van der Waals surface area contributed by atoms with Crippen LogP contribution >= 0.6 is 0 Å². The number of carboxylic acid groups (broad SMARTS) is 1. The molecular weight excluding hydrogens is 198 g/mol. The summed E-state index contributed by atoms with van der Waals surface area (Å²) in [4.78, 5) is 23.6. The Balaban J connectivity index is 2.49. The number of likely N-dealkylation sites (tertiary alicyclic amines) is 1. The molecule has 0 radical (unpaired) electrons. The van der Waals surface area contributed by atoms with Crippen molar-refractivity contribution in [2.75, 3.05) is 20.2 Å². The van der Waals surface area contributed by atoms with Crippen LogP contribution in [0.3, 0.4) is 0 Å². The summed E-state index contributed by atoms with van der Waals surface area (Å²) in [5, 5.41) is 8.90. The Morgan fingerprint density at radius 2 is 1.93 bits per heavy atom. The maximum absolute atomic E-state index is 11.1. The molecule has 1 amide bonds. The molecule has 1 heterocycles. The van der Waals surface area contributed by atoms with Crippen LogP contribution in [0.5, 0.6) is 0 Å². The Hall–Kier alpha value is -1.10. The van der Waals surface area contributed by atoms with E-state index in [1.54, 1.807) is 4.90 Å². The number of carboxylic acids is 1. The SMILES string of the molecule is COC(C(=O)O)C1CCN(C(C)=O)CC1. The van der Waals surface area contributed by atoms with Gasteiger partial charge in [0.15, 0.2) is 6.10 Å². The van der Waals surface area contributed by atoms with Gasteiger partial charge in [-0.15, -0.1) is 0 Å². The van der Waals surface area contributed by atoms with Gasteiger partial charge in [0, 0.05) is 27.1 Å². The highest BCUT2D eigenvalue weighted by Crippen LogP contribution is 2.22. The minimum Gasteiger partial charge on any atom is -0.479 e. The number of piperidine rings is 1. The van der Waals surface area contributed by atoms with Crippen molar-refractivity contribution in [2.24, 2.45) is 5.92 Å². The van der Waals surface area contributed by atoms with Gasteiger partial charge in [0.05, 0.1) is 0 Å². The summed E-state index contributed by atoms with van der Waals surface area (Å²) in [6, 6.07) is 0. The average molecular weight is 215 g/mol. The van der Waals surface area contributed by atoms with Gasteiger partial charge in [-0.3, -0.25) is 4.79 Å². The van der Waals surface area contributed by atoms with Crippen LogP contribution in [0.25, 0.3) is 0 Å². The van der Waals surface area contributed by atoms with Crippen LogP contribution < -0.4 is 0 Å². The molecule has 0 saturated carbocycles. The standard InChI is InChI=1S/C10H17NO4/c1-7(12)11-5-3-8(4-6-11)9(15-2)10(13)14/h8-9H,3-6H2,1-2H3,(H,13,14). The third-order valence-electron chi connectivity index (χ3n) is 2.91. The third kappa shape index (κ3) is 2.92. The van der Waals surface area contributed by atoms with Gasteiger partial charge in [-0.05, 0) is 18.8 Å². The monoisotopic (exact) mass is 215 g/mol. The van der Waals surface area contributed by atoms with E-state index in [-0.39, 0.29) is 11.8 Å². The lowest BCUT2D eigenvalue weighted by molar-refractivity contribution is -0.153. The molecule has 0 bridgehead atoms. The van der Waals surface area contributed by atoms with Gasteiger partial charge in [-0.2, -0.15) is 0 Å². The molecule has 0 aliphatic carbocycles. The number of amides is 1. The van der Waals surface area contributed by atoms with Crippen LogP contribution in [-0.2, 0) is 14.3 Å². The predicted octanol–water partition coefficient (Wildman–Crippen LogP) is 0.344. The maximum Gasteiger partial charge on any atom is 0.333 e. The van der Waals surface area contributed by atoms with Crippen molar-refractivity contribution >= 4 is 11.9 Å². The molecule has 5 nitrogen and oxygen atoms in total. The summed E-state index contributed by atoms with van der Waals surface area (Å²) in [5.41, 5.74) is 0. The first-order valence-electron chi connectivity index (χ1n) is 5.07. The zero-order valence-corrected chi connectivity index (χ0v) is 9.10. The summed E-state index contributed by atoms with van der Waals surface area (Å²) in [5.74, 6) is -0.848. The van der Waals surface area contributed by atoms with E-state index in [1.165, 1.54) is 14.0 Å². The molecule has 1 aliphatic rings. The van der Waals surface area contributed by atoms with Crippen LogP contribution in [0.1, 0.15) is 19.8 Å². The number of methoxy groups -OCH3 is 1. The molecule has 1 saturated heterocycles. The van der Waals surface area contributed by atoms with E-state index in [4.69, 9.17) is 9.84 Å². The van der Waals surface area contributed by atoms with Crippen molar-refractivity contribution < 1.29 is 19.4 Å². The summed E-state index contributed by atoms with van der Waals surface area (Å²) in [6.45, 7) is 2.80. The van der Waals surface area contributed by atoms with Crippen molar-refractivity contribution in [1.29, 1.82) is 0 Å². The van der Waals surface area contributed by atoms with Gasteiger partial charge in [0.1, 0.15) is 0 Å². The predicted molar refractivity (Wildman–Crippen MR) is 53.4 cm³/mol. The highest BCUT2D eigenvalue weighted by molar-refractivity contribution is 5.74. The van der Waals surface area contributed by atoms with Crippen molar-refractivity contribution in [3.63, 3.8) is 0 Å². The summed E-state index contributed by atoms with van der Waals surface area (Å²) in [7, 11) is 1.41. The molecule has 0 spiro atoms. The first kappa shape index (κ1) is 12.0. The molecule has 1 rings (SSSR count). The molecule has 1 N–H and O–H groups in total. The molecule has 86 valence electrons. The average Bonchev–Trinajstić information content (AvgIpc) is 2.19. The number of carbonyl (C=O) groups excluding carboxylic acids is 1. The smallest absolute Gasteiger partial charge is 0.333 e. The van der Waals surface area contributed by atoms with Gasteiger partial charge in [0.25, 0.3) is 0 Å². The lowest BCUT2D eigenvalue weighted by atomic mass is 9.91. The lowest BCUT2D eigenvalue weighted by Gasteiger charge is -2.33. The van der Waals surface area contributed by atoms with Crippen LogP contribution in [0.2, 0.25) is 0 Å². The molecule has 1 unspecified atom stereocenters. The molecule has 1 atom stereocenters. The van der Waals surface area contributed by atoms with E-state index >= 15 is 0 Å². The minimum atomic E-state index is -0.918. The van der Waals surface area contributed by atoms with E-state index in [0.29, 0.717) is 25.9 Å². The van der Waals surface area contributed by atoms with E-state index in [2.05, 4.69) is 0 Å². The Kier molecular flexibility index (Phi) is 4.08. The number of hydrogen-bond donors (Lipinski definition) is 1. The summed E-state index contributed by atoms with van der Waals surface area (Å²) in [6.07, 6.45) is 0.661. The van der Waals surface area contributed by atoms with Crippen molar-refractivity contribution in [2.45, 2.75) is 25.9 Å². The van der Waals surface area contributed by atoms with Gasteiger partial charge in [0.2, 0.25) is 5.91 Å². The Morgan fingerprint density at radius 3 is 2.27 bits per heavy atom. The highest BCUT2D eigenvalue weighted by atomic mass is 16.5. The van der Waals surface area contributed by atoms with Crippen molar-refractivity contribution in [3.8, 4) is 0 Å². The topological polar surface area (TPSA) is 66.8 Å². The molecule has 0 aromatic rings. The highest BCUT2D eigenvalue weighted by Gasteiger charge is 2.31. The molecular formula is C10H17NO4. The van der Waals surface area contributed by atoms with Gasteiger partial charge >= 0.3 is 5.97 Å². The van der Waals surface area contributed by atoms with Crippen molar-refractivity contribution in [1.82, 2.24) is 4.90 Å². The van der Waals surface area contributed by atoms with E-state index in [9.17, 15) is 9.59 Å². The van der Waals surface area contributed by atoms with E-state index in [1.807, 2.05) is 0 Å². The number of rotatable bonds is 3. The van der Waals surface area contributed by atoms with Crippen LogP contribution in [0, 0.1) is 5.92 Å². The molecule has 1 fully saturated rings.